The second-order valence-corrected chi connectivity index (χ2v) is 6.21. The predicted octanol–water partition coefficient (Wildman–Crippen LogP) is 3.54. The van der Waals surface area contributed by atoms with Gasteiger partial charge in [-0.2, -0.15) is 0 Å². The fourth-order valence-corrected chi connectivity index (χ4v) is 3.44. The zero-order chi connectivity index (χ0) is 13.8. The molecule has 2 atom stereocenters. The maximum atomic E-state index is 13.9. The van der Waals surface area contributed by atoms with Crippen molar-refractivity contribution in [1.29, 1.82) is 0 Å². The highest BCUT2D eigenvalue weighted by Gasteiger charge is 2.30. The van der Waals surface area contributed by atoms with Crippen molar-refractivity contribution in [3.05, 3.63) is 34.1 Å². The van der Waals surface area contributed by atoms with Gasteiger partial charge in [-0.15, -0.1) is 0 Å². The van der Waals surface area contributed by atoms with E-state index in [0.717, 1.165) is 23.1 Å². The van der Waals surface area contributed by atoms with Gasteiger partial charge in [0.05, 0.1) is 0 Å². The van der Waals surface area contributed by atoms with Gasteiger partial charge in [-0.25, -0.2) is 4.39 Å². The highest BCUT2D eigenvalue weighted by atomic mass is 79.9. The first-order valence-electron chi connectivity index (χ1n) is 7.03. The second kappa shape index (κ2) is 6.82. The monoisotopic (exact) mass is 328 g/mol. The van der Waals surface area contributed by atoms with Crippen LogP contribution in [-0.2, 0) is 6.54 Å². The maximum Gasteiger partial charge on any atom is 0.128 e. The molecule has 4 heteroatoms. The van der Waals surface area contributed by atoms with Crippen molar-refractivity contribution in [3.63, 3.8) is 0 Å². The number of halogens is 2. The van der Waals surface area contributed by atoms with Crippen LogP contribution in [0.15, 0.2) is 22.7 Å². The van der Waals surface area contributed by atoms with E-state index in [1.807, 2.05) is 12.1 Å². The average Bonchev–Trinajstić information content (AvgIpc) is 2.86. The molecule has 0 aliphatic heterocycles. The molecule has 0 amide bonds. The summed E-state index contributed by atoms with van der Waals surface area (Å²) in [5.74, 6) is 0.438. The lowest BCUT2D eigenvalue weighted by atomic mass is 10.0. The van der Waals surface area contributed by atoms with Gasteiger partial charge in [0.25, 0.3) is 0 Å². The summed E-state index contributed by atoms with van der Waals surface area (Å²) in [7, 11) is 0. The normalized spacial score (nSPS) is 23.2. The van der Waals surface area contributed by atoms with E-state index in [9.17, 15) is 4.39 Å². The van der Waals surface area contributed by atoms with Gasteiger partial charge in [0.15, 0.2) is 0 Å². The van der Waals surface area contributed by atoms with Crippen LogP contribution in [0.5, 0.6) is 0 Å². The first-order chi connectivity index (χ1) is 9.15. The van der Waals surface area contributed by atoms with Crippen LogP contribution in [0.25, 0.3) is 0 Å². The van der Waals surface area contributed by atoms with Gasteiger partial charge in [0.2, 0.25) is 0 Å². The minimum Gasteiger partial charge on any atom is -0.330 e. The molecule has 0 heterocycles. The average molecular weight is 329 g/mol. The molecule has 1 saturated carbocycles. The van der Waals surface area contributed by atoms with Gasteiger partial charge in [-0.3, -0.25) is 4.90 Å². The molecule has 0 radical (unpaired) electrons. The molecule has 0 saturated heterocycles. The first-order valence-corrected chi connectivity index (χ1v) is 7.83. The Balaban J connectivity index is 2.10. The highest BCUT2D eigenvalue weighted by Crippen LogP contribution is 2.30. The first kappa shape index (κ1) is 14.9. The third-order valence-corrected chi connectivity index (χ3v) is 4.68. The standard InChI is InChI=1S/C15H22BrFN2/c1-2-19(15-5-3-4-11(15)9-18)10-12-6-7-13(16)8-14(12)17/h6-8,11,15H,2-5,9-10,18H2,1H3. The summed E-state index contributed by atoms with van der Waals surface area (Å²) in [4.78, 5) is 2.37. The van der Waals surface area contributed by atoms with E-state index in [1.54, 1.807) is 0 Å². The molecule has 106 valence electrons. The minimum atomic E-state index is -0.130. The maximum absolute atomic E-state index is 13.9. The number of hydrogen-bond donors (Lipinski definition) is 1. The van der Waals surface area contributed by atoms with E-state index in [-0.39, 0.29) is 5.82 Å². The zero-order valence-corrected chi connectivity index (χ0v) is 13.0. The van der Waals surface area contributed by atoms with Gasteiger partial charge in [0.1, 0.15) is 5.82 Å². The van der Waals surface area contributed by atoms with Gasteiger partial charge < -0.3 is 5.73 Å². The molecule has 1 aliphatic rings. The third-order valence-electron chi connectivity index (χ3n) is 4.19. The quantitative estimate of drug-likeness (QED) is 0.895. The van der Waals surface area contributed by atoms with Crippen molar-refractivity contribution >= 4 is 15.9 Å². The third kappa shape index (κ3) is 3.56. The molecule has 2 nitrogen and oxygen atoms in total. The SMILES string of the molecule is CCN(Cc1ccc(Br)cc1F)C1CCCC1CN. The van der Waals surface area contributed by atoms with E-state index in [0.29, 0.717) is 18.5 Å². The van der Waals surface area contributed by atoms with Gasteiger partial charge in [0, 0.05) is 22.6 Å². The second-order valence-electron chi connectivity index (χ2n) is 5.29. The molecule has 0 aromatic heterocycles. The molecule has 1 aromatic rings. The Kier molecular flexibility index (Phi) is 5.37. The predicted molar refractivity (Wildman–Crippen MR) is 80.4 cm³/mol. The summed E-state index contributed by atoms with van der Waals surface area (Å²) in [5, 5.41) is 0. The number of rotatable bonds is 5. The fourth-order valence-electron chi connectivity index (χ4n) is 3.11. The highest BCUT2D eigenvalue weighted by molar-refractivity contribution is 9.10. The van der Waals surface area contributed by atoms with Crippen molar-refractivity contribution < 1.29 is 4.39 Å². The molecule has 1 fully saturated rings. The van der Waals surface area contributed by atoms with Crippen LogP contribution in [0.4, 0.5) is 4.39 Å². The van der Waals surface area contributed by atoms with Crippen molar-refractivity contribution in [3.8, 4) is 0 Å². The van der Waals surface area contributed by atoms with E-state index in [2.05, 4.69) is 27.8 Å². The van der Waals surface area contributed by atoms with Crippen LogP contribution in [0.2, 0.25) is 0 Å². The van der Waals surface area contributed by atoms with E-state index in [1.165, 1.54) is 25.3 Å². The van der Waals surface area contributed by atoms with E-state index < -0.39 is 0 Å². The van der Waals surface area contributed by atoms with Crippen molar-refractivity contribution in [2.75, 3.05) is 13.1 Å². The van der Waals surface area contributed by atoms with Gasteiger partial charge >= 0.3 is 0 Å². The van der Waals surface area contributed by atoms with Crippen molar-refractivity contribution in [2.45, 2.75) is 38.8 Å². The van der Waals surface area contributed by atoms with Crippen LogP contribution in [0.1, 0.15) is 31.7 Å². The molecular weight excluding hydrogens is 307 g/mol. The Bertz CT molecular complexity index is 425. The van der Waals surface area contributed by atoms with E-state index in [4.69, 9.17) is 5.73 Å². The number of nitrogens with zero attached hydrogens (tertiary/aromatic N) is 1. The molecule has 1 aliphatic carbocycles. The molecule has 2 unspecified atom stereocenters. The van der Waals surface area contributed by atoms with Gasteiger partial charge in [-0.05, 0) is 44.0 Å². The smallest absolute Gasteiger partial charge is 0.128 e. The molecular formula is C15H22BrFN2. The lowest BCUT2D eigenvalue weighted by Gasteiger charge is -2.32. The number of benzene rings is 1. The molecule has 1 aromatic carbocycles. The number of hydrogen-bond acceptors (Lipinski definition) is 2. The Morgan fingerprint density at radius 1 is 1.42 bits per heavy atom. The zero-order valence-electron chi connectivity index (χ0n) is 11.4. The summed E-state index contributed by atoms with van der Waals surface area (Å²) < 4.78 is 14.7. The summed E-state index contributed by atoms with van der Waals surface area (Å²) in [6, 6.07) is 5.83. The van der Waals surface area contributed by atoms with Gasteiger partial charge in [-0.1, -0.05) is 35.3 Å². The largest absolute Gasteiger partial charge is 0.330 e. The topological polar surface area (TPSA) is 29.3 Å². The minimum absolute atomic E-state index is 0.130. The lowest BCUT2D eigenvalue weighted by molar-refractivity contribution is 0.160. The Morgan fingerprint density at radius 2 is 2.21 bits per heavy atom. The fraction of sp³-hybridized carbons (Fsp3) is 0.600. The summed E-state index contributed by atoms with van der Waals surface area (Å²) in [6.45, 7) is 4.50. The Hall–Kier alpha value is -0.450. The van der Waals surface area contributed by atoms with Crippen molar-refractivity contribution in [2.24, 2.45) is 11.7 Å². The number of nitrogens with two attached hydrogens (primary N) is 1. The summed E-state index contributed by atoms with van der Waals surface area (Å²) in [6.07, 6.45) is 3.64. The molecule has 0 bridgehead atoms. The molecule has 19 heavy (non-hydrogen) atoms. The Labute approximate surface area is 123 Å². The van der Waals surface area contributed by atoms with Crippen LogP contribution in [0.3, 0.4) is 0 Å². The van der Waals surface area contributed by atoms with Crippen LogP contribution >= 0.6 is 15.9 Å². The molecule has 2 N–H and O–H groups in total. The van der Waals surface area contributed by atoms with Crippen LogP contribution in [-0.4, -0.2) is 24.0 Å². The Morgan fingerprint density at radius 3 is 2.84 bits per heavy atom. The summed E-state index contributed by atoms with van der Waals surface area (Å²) in [5.41, 5.74) is 6.62. The van der Waals surface area contributed by atoms with E-state index >= 15 is 0 Å². The summed E-state index contributed by atoms with van der Waals surface area (Å²) >= 11 is 3.30. The van der Waals surface area contributed by atoms with Crippen molar-refractivity contribution in [1.82, 2.24) is 4.90 Å². The van der Waals surface area contributed by atoms with Crippen LogP contribution < -0.4 is 5.73 Å². The molecule has 2 rings (SSSR count). The lowest BCUT2D eigenvalue weighted by Crippen LogP contribution is -2.39. The molecule has 0 spiro atoms. The van der Waals surface area contributed by atoms with Crippen LogP contribution in [0, 0.1) is 11.7 Å².